The fourth-order valence-electron chi connectivity index (χ4n) is 1.48. The predicted molar refractivity (Wildman–Crippen MR) is 54.7 cm³/mol. The number of hydrogen-bond donors (Lipinski definition) is 1. The Balaban J connectivity index is 2.91. The Hall–Kier alpha value is -1.43. The first-order chi connectivity index (χ1) is 6.93. The first-order valence-corrected chi connectivity index (χ1v) is 4.80. The lowest BCUT2D eigenvalue weighted by atomic mass is 10.3. The van der Waals surface area contributed by atoms with Crippen molar-refractivity contribution in [3.05, 3.63) is 21.5 Å². The minimum absolute atomic E-state index is 0.0700. The van der Waals surface area contributed by atoms with E-state index in [0.717, 1.165) is 0 Å². The molecule has 0 radical (unpaired) electrons. The van der Waals surface area contributed by atoms with E-state index in [1.165, 1.54) is 0 Å². The number of nitrogens with zero attached hydrogens (tertiary/aromatic N) is 3. The lowest BCUT2D eigenvalue weighted by molar-refractivity contribution is -0.386. The molecule has 0 aliphatic rings. The monoisotopic (exact) mass is 213 g/mol. The van der Waals surface area contributed by atoms with Gasteiger partial charge >= 0.3 is 5.69 Å². The van der Waals surface area contributed by atoms with Crippen LogP contribution in [0.1, 0.15) is 24.7 Å². The number of rotatable bonds is 4. The van der Waals surface area contributed by atoms with Gasteiger partial charge in [0, 0.05) is 6.54 Å². The average molecular weight is 213 g/mol. The molecule has 1 aromatic heterocycles. The van der Waals surface area contributed by atoms with Gasteiger partial charge in [0.25, 0.3) is 0 Å². The van der Waals surface area contributed by atoms with Gasteiger partial charge in [-0.1, -0.05) is 0 Å². The summed E-state index contributed by atoms with van der Waals surface area (Å²) in [6, 6.07) is 0. The molecule has 0 aromatic carbocycles. The van der Waals surface area contributed by atoms with Gasteiger partial charge in [-0.05, 0) is 27.2 Å². The molecule has 0 bridgehead atoms. The van der Waals surface area contributed by atoms with Crippen molar-refractivity contribution in [2.45, 2.75) is 39.8 Å². The quantitative estimate of drug-likeness (QED) is 0.601. The Bertz CT molecular complexity index is 371. The van der Waals surface area contributed by atoms with E-state index in [2.05, 4.69) is 5.10 Å². The lowest BCUT2D eigenvalue weighted by Crippen LogP contribution is -2.09. The molecule has 15 heavy (non-hydrogen) atoms. The maximum atomic E-state index is 10.7. The summed E-state index contributed by atoms with van der Waals surface area (Å²) in [4.78, 5) is 10.3. The van der Waals surface area contributed by atoms with E-state index in [9.17, 15) is 10.1 Å². The zero-order valence-electron chi connectivity index (χ0n) is 9.10. The van der Waals surface area contributed by atoms with E-state index in [0.29, 0.717) is 24.4 Å². The van der Waals surface area contributed by atoms with Gasteiger partial charge in [0.15, 0.2) is 0 Å². The van der Waals surface area contributed by atoms with Crippen molar-refractivity contribution in [1.29, 1.82) is 0 Å². The van der Waals surface area contributed by atoms with Crippen molar-refractivity contribution in [1.82, 2.24) is 9.78 Å². The van der Waals surface area contributed by atoms with Crippen molar-refractivity contribution in [2.24, 2.45) is 0 Å². The van der Waals surface area contributed by atoms with Crippen LogP contribution in [0.25, 0.3) is 0 Å². The molecule has 1 rings (SSSR count). The number of aliphatic hydroxyl groups is 1. The summed E-state index contributed by atoms with van der Waals surface area (Å²) in [7, 11) is 0. The van der Waals surface area contributed by atoms with E-state index >= 15 is 0 Å². The summed E-state index contributed by atoms with van der Waals surface area (Å²) in [6.07, 6.45) is 0.118. The van der Waals surface area contributed by atoms with Crippen LogP contribution >= 0.6 is 0 Å². The number of hydrogen-bond acceptors (Lipinski definition) is 4. The number of nitro groups is 1. The second-order valence-corrected chi connectivity index (χ2v) is 3.64. The summed E-state index contributed by atoms with van der Waals surface area (Å²) in [5, 5.41) is 23.9. The molecule has 1 unspecified atom stereocenters. The number of aromatic nitrogens is 2. The predicted octanol–water partition coefficient (Wildman–Crippen LogP) is 1.18. The van der Waals surface area contributed by atoms with Gasteiger partial charge < -0.3 is 5.11 Å². The molecule has 1 heterocycles. The van der Waals surface area contributed by atoms with Crippen molar-refractivity contribution in [2.75, 3.05) is 0 Å². The van der Waals surface area contributed by atoms with Gasteiger partial charge in [-0.3, -0.25) is 14.8 Å². The van der Waals surface area contributed by atoms with Gasteiger partial charge in [0.2, 0.25) is 0 Å². The van der Waals surface area contributed by atoms with Gasteiger partial charge in [0.05, 0.1) is 11.0 Å². The van der Waals surface area contributed by atoms with Gasteiger partial charge in [-0.2, -0.15) is 5.10 Å². The van der Waals surface area contributed by atoms with Gasteiger partial charge in [-0.15, -0.1) is 0 Å². The Morgan fingerprint density at radius 3 is 2.60 bits per heavy atom. The zero-order chi connectivity index (χ0) is 11.6. The standard InChI is InChI=1S/C9H15N3O3/c1-6(13)4-5-11-8(3)9(12(14)15)7(2)10-11/h6,13H,4-5H2,1-3H3. The minimum atomic E-state index is -0.423. The normalized spacial score (nSPS) is 12.8. The highest BCUT2D eigenvalue weighted by molar-refractivity contribution is 5.39. The number of aliphatic hydroxyl groups excluding tert-OH is 1. The molecule has 6 nitrogen and oxygen atoms in total. The molecule has 0 aliphatic heterocycles. The lowest BCUT2D eigenvalue weighted by Gasteiger charge is -2.05. The number of aryl methyl sites for hydroxylation is 2. The van der Waals surface area contributed by atoms with E-state index in [1.807, 2.05) is 0 Å². The van der Waals surface area contributed by atoms with Crippen LogP contribution in [-0.4, -0.2) is 25.9 Å². The average Bonchev–Trinajstić information content (AvgIpc) is 2.37. The first kappa shape index (κ1) is 11.6. The first-order valence-electron chi connectivity index (χ1n) is 4.80. The van der Waals surface area contributed by atoms with Crippen LogP contribution in [0.2, 0.25) is 0 Å². The van der Waals surface area contributed by atoms with Crippen molar-refractivity contribution in [3.8, 4) is 0 Å². The zero-order valence-corrected chi connectivity index (χ0v) is 9.10. The summed E-state index contributed by atoms with van der Waals surface area (Å²) < 4.78 is 1.57. The summed E-state index contributed by atoms with van der Waals surface area (Å²) in [6.45, 7) is 5.46. The maximum Gasteiger partial charge on any atom is 0.312 e. The molecular formula is C9H15N3O3. The molecular weight excluding hydrogens is 198 g/mol. The Morgan fingerprint density at radius 1 is 1.60 bits per heavy atom. The molecule has 0 fully saturated rings. The molecule has 1 N–H and O–H groups in total. The summed E-state index contributed by atoms with van der Waals surface area (Å²) in [5.74, 6) is 0. The van der Waals surface area contributed by atoms with Crippen LogP contribution in [0, 0.1) is 24.0 Å². The van der Waals surface area contributed by atoms with E-state index in [-0.39, 0.29) is 5.69 Å². The fourth-order valence-corrected chi connectivity index (χ4v) is 1.48. The second-order valence-electron chi connectivity index (χ2n) is 3.64. The van der Waals surface area contributed by atoms with Crippen molar-refractivity contribution >= 4 is 5.69 Å². The summed E-state index contributed by atoms with van der Waals surface area (Å²) >= 11 is 0. The van der Waals surface area contributed by atoms with E-state index in [4.69, 9.17) is 5.11 Å². The molecule has 0 aliphatic carbocycles. The topological polar surface area (TPSA) is 81.2 Å². The van der Waals surface area contributed by atoms with E-state index < -0.39 is 11.0 Å². The molecule has 0 amide bonds. The van der Waals surface area contributed by atoms with Crippen LogP contribution in [0.4, 0.5) is 5.69 Å². The SMILES string of the molecule is Cc1nn(CCC(C)O)c(C)c1[N+](=O)[O-]. The van der Waals surface area contributed by atoms with Gasteiger partial charge in [-0.25, -0.2) is 0 Å². The molecule has 84 valence electrons. The van der Waals surface area contributed by atoms with Crippen molar-refractivity contribution < 1.29 is 10.0 Å². The molecule has 1 atom stereocenters. The van der Waals surface area contributed by atoms with Crippen LogP contribution < -0.4 is 0 Å². The third-order valence-corrected chi connectivity index (χ3v) is 2.28. The Kier molecular flexibility index (Phi) is 3.41. The van der Waals surface area contributed by atoms with Crippen LogP contribution in [0.3, 0.4) is 0 Å². The van der Waals surface area contributed by atoms with Crippen LogP contribution in [0.5, 0.6) is 0 Å². The van der Waals surface area contributed by atoms with Gasteiger partial charge in [0.1, 0.15) is 11.4 Å². The molecule has 0 saturated heterocycles. The fraction of sp³-hybridized carbons (Fsp3) is 0.667. The highest BCUT2D eigenvalue weighted by Crippen LogP contribution is 2.21. The van der Waals surface area contributed by atoms with Crippen LogP contribution in [-0.2, 0) is 6.54 Å². The second kappa shape index (κ2) is 4.39. The molecule has 0 spiro atoms. The smallest absolute Gasteiger partial charge is 0.312 e. The largest absolute Gasteiger partial charge is 0.393 e. The molecule has 1 aromatic rings. The third kappa shape index (κ3) is 2.53. The molecule has 0 saturated carbocycles. The molecule has 6 heteroatoms. The van der Waals surface area contributed by atoms with E-state index in [1.54, 1.807) is 25.5 Å². The maximum absolute atomic E-state index is 10.7. The van der Waals surface area contributed by atoms with Crippen LogP contribution in [0.15, 0.2) is 0 Å². The Morgan fingerprint density at radius 2 is 2.20 bits per heavy atom. The Labute approximate surface area is 87.7 Å². The minimum Gasteiger partial charge on any atom is -0.393 e. The highest BCUT2D eigenvalue weighted by atomic mass is 16.6. The third-order valence-electron chi connectivity index (χ3n) is 2.28. The highest BCUT2D eigenvalue weighted by Gasteiger charge is 2.21. The van der Waals surface area contributed by atoms with Crippen molar-refractivity contribution in [3.63, 3.8) is 0 Å². The summed E-state index contributed by atoms with van der Waals surface area (Å²) in [5.41, 5.74) is 1.03.